The molecule has 7 nitrogen and oxygen atoms in total. The van der Waals surface area contributed by atoms with Crippen LogP contribution in [0.1, 0.15) is 18.4 Å². The van der Waals surface area contributed by atoms with E-state index in [1.165, 1.54) is 0 Å². The van der Waals surface area contributed by atoms with Crippen molar-refractivity contribution in [1.82, 2.24) is 20.8 Å². The third-order valence-electron chi connectivity index (χ3n) is 4.17. The molecule has 0 aliphatic carbocycles. The van der Waals surface area contributed by atoms with Crippen molar-refractivity contribution in [2.75, 3.05) is 20.2 Å². The summed E-state index contributed by atoms with van der Waals surface area (Å²) in [6.45, 7) is 3.76. The van der Waals surface area contributed by atoms with Crippen molar-refractivity contribution in [1.29, 1.82) is 0 Å². The number of halogens is 2. The molecular weight excluding hydrogens is 517 g/mol. The van der Waals surface area contributed by atoms with E-state index in [9.17, 15) is 0 Å². The van der Waals surface area contributed by atoms with Crippen molar-refractivity contribution in [3.8, 4) is 17.1 Å². The lowest BCUT2D eigenvalue weighted by molar-refractivity contribution is 0.380. The molecule has 0 saturated carbocycles. The summed E-state index contributed by atoms with van der Waals surface area (Å²) in [7, 11) is 1.68. The average molecular weight is 542 g/mol. The van der Waals surface area contributed by atoms with Crippen LogP contribution < -0.4 is 15.4 Å². The number of aromatic nitrogens is 2. The molecule has 0 spiro atoms. The van der Waals surface area contributed by atoms with E-state index in [1.807, 2.05) is 37.3 Å². The normalized spacial score (nSPS) is 11.0. The molecule has 2 aromatic carbocycles. The lowest BCUT2D eigenvalue weighted by atomic mass is 10.1. The van der Waals surface area contributed by atoms with Gasteiger partial charge in [0.1, 0.15) is 12.3 Å². The lowest BCUT2D eigenvalue weighted by Crippen LogP contribution is -2.38. The molecule has 3 rings (SSSR count). The standard InChI is InChI=1S/C21H24ClN5O2.HI/c1-3-23-21(24-13-12-15-6-4-5-7-18(15)28-2)25-14-19-26-20(27-29-19)16-8-10-17(22)11-9-16;/h4-11H,3,12-14H2,1-2H3,(H2,23,24,25);1H. The van der Waals surface area contributed by atoms with Crippen molar-refractivity contribution in [2.45, 2.75) is 19.9 Å². The molecule has 9 heteroatoms. The van der Waals surface area contributed by atoms with Gasteiger partial charge in [0.25, 0.3) is 0 Å². The third-order valence-corrected chi connectivity index (χ3v) is 4.42. The Morgan fingerprint density at radius 2 is 1.90 bits per heavy atom. The summed E-state index contributed by atoms with van der Waals surface area (Å²) in [4.78, 5) is 8.92. The van der Waals surface area contributed by atoms with Gasteiger partial charge < -0.3 is 19.9 Å². The second-order valence-electron chi connectivity index (χ2n) is 6.20. The molecule has 0 unspecified atom stereocenters. The summed E-state index contributed by atoms with van der Waals surface area (Å²) >= 11 is 5.91. The number of guanidine groups is 1. The fraction of sp³-hybridized carbons (Fsp3) is 0.286. The Labute approximate surface area is 198 Å². The molecule has 30 heavy (non-hydrogen) atoms. The van der Waals surface area contributed by atoms with Gasteiger partial charge in [-0.3, -0.25) is 0 Å². The number of hydrogen-bond acceptors (Lipinski definition) is 5. The Hall–Kier alpha value is -2.33. The van der Waals surface area contributed by atoms with E-state index in [1.54, 1.807) is 19.2 Å². The number of ether oxygens (including phenoxy) is 1. The molecule has 0 fully saturated rings. The van der Waals surface area contributed by atoms with Gasteiger partial charge in [0, 0.05) is 23.7 Å². The van der Waals surface area contributed by atoms with Crippen LogP contribution in [0, 0.1) is 0 Å². The number of nitrogens with zero attached hydrogens (tertiary/aromatic N) is 3. The fourth-order valence-corrected chi connectivity index (χ4v) is 2.87. The van der Waals surface area contributed by atoms with Crippen LogP contribution in [-0.2, 0) is 13.0 Å². The molecule has 1 aromatic heterocycles. The van der Waals surface area contributed by atoms with Gasteiger partial charge in [-0.05, 0) is 49.2 Å². The number of benzene rings is 2. The van der Waals surface area contributed by atoms with Crippen LogP contribution >= 0.6 is 35.6 Å². The number of hydrogen-bond donors (Lipinski definition) is 2. The molecule has 0 atom stereocenters. The van der Waals surface area contributed by atoms with Crippen LogP contribution in [0.25, 0.3) is 11.4 Å². The maximum Gasteiger partial charge on any atom is 0.248 e. The lowest BCUT2D eigenvalue weighted by Gasteiger charge is -2.12. The van der Waals surface area contributed by atoms with E-state index >= 15 is 0 Å². The third kappa shape index (κ3) is 6.88. The fourth-order valence-electron chi connectivity index (χ4n) is 2.75. The van der Waals surface area contributed by atoms with E-state index in [0.29, 0.717) is 29.2 Å². The summed E-state index contributed by atoms with van der Waals surface area (Å²) in [5.74, 6) is 2.53. The largest absolute Gasteiger partial charge is 0.496 e. The summed E-state index contributed by atoms with van der Waals surface area (Å²) in [6, 6.07) is 15.3. The minimum Gasteiger partial charge on any atom is -0.496 e. The van der Waals surface area contributed by atoms with Crippen molar-refractivity contribution < 1.29 is 9.26 Å². The Bertz CT molecular complexity index is 947. The predicted molar refractivity (Wildman–Crippen MR) is 130 cm³/mol. The van der Waals surface area contributed by atoms with Gasteiger partial charge in [-0.1, -0.05) is 35.0 Å². The quantitative estimate of drug-likeness (QED) is 0.251. The molecule has 0 aliphatic rings. The van der Waals surface area contributed by atoms with E-state index in [2.05, 4.69) is 31.8 Å². The molecule has 0 saturated heterocycles. The number of aliphatic imine (C=N–C) groups is 1. The highest BCUT2D eigenvalue weighted by Crippen LogP contribution is 2.19. The molecular formula is C21H25ClIN5O2. The highest BCUT2D eigenvalue weighted by atomic mass is 127. The zero-order valence-corrected chi connectivity index (χ0v) is 20.0. The van der Waals surface area contributed by atoms with Gasteiger partial charge in [0.15, 0.2) is 5.96 Å². The van der Waals surface area contributed by atoms with Crippen LogP contribution in [0.3, 0.4) is 0 Å². The second-order valence-corrected chi connectivity index (χ2v) is 6.64. The highest BCUT2D eigenvalue weighted by Gasteiger charge is 2.09. The smallest absolute Gasteiger partial charge is 0.248 e. The minimum atomic E-state index is 0. The number of para-hydroxylation sites is 1. The zero-order chi connectivity index (χ0) is 20.5. The maximum atomic E-state index is 5.91. The SMILES string of the molecule is CCNC(=NCc1nc(-c2ccc(Cl)cc2)no1)NCCc1ccccc1OC.I. The van der Waals surface area contributed by atoms with E-state index in [0.717, 1.165) is 29.8 Å². The molecule has 0 amide bonds. The molecule has 0 aliphatic heterocycles. The Kier molecular flexibility index (Phi) is 9.88. The topological polar surface area (TPSA) is 84.6 Å². The van der Waals surface area contributed by atoms with Gasteiger partial charge in [0.05, 0.1) is 7.11 Å². The van der Waals surface area contributed by atoms with Crippen LogP contribution in [0.5, 0.6) is 5.75 Å². The van der Waals surface area contributed by atoms with Gasteiger partial charge in [-0.25, -0.2) is 4.99 Å². The highest BCUT2D eigenvalue weighted by molar-refractivity contribution is 14.0. The Balaban J connectivity index is 0.00000320. The minimum absolute atomic E-state index is 0. The van der Waals surface area contributed by atoms with Crippen molar-refractivity contribution >= 4 is 41.5 Å². The molecule has 1 heterocycles. The van der Waals surface area contributed by atoms with Gasteiger partial charge in [-0.2, -0.15) is 4.98 Å². The second kappa shape index (κ2) is 12.4. The maximum absolute atomic E-state index is 5.91. The van der Waals surface area contributed by atoms with Crippen molar-refractivity contribution in [2.24, 2.45) is 4.99 Å². The van der Waals surface area contributed by atoms with E-state index < -0.39 is 0 Å². The van der Waals surface area contributed by atoms with Crippen LogP contribution in [0.4, 0.5) is 0 Å². The summed E-state index contributed by atoms with van der Waals surface area (Å²) in [5, 5.41) is 11.2. The Morgan fingerprint density at radius 3 is 2.63 bits per heavy atom. The summed E-state index contributed by atoms with van der Waals surface area (Å²) < 4.78 is 10.7. The first-order valence-corrected chi connectivity index (χ1v) is 9.80. The van der Waals surface area contributed by atoms with Gasteiger partial charge in [-0.15, -0.1) is 24.0 Å². The summed E-state index contributed by atoms with van der Waals surface area (Å²) in [6.07, 6.45) is 0.815. The average Bonchev–Trinajstić information content (AvgIpc) is 3.22. The first-order chi connectivity index (χ1) is 14.2. The molecule has 160 valence electrons. The monoisotopic (exact) mass is 541 g/mol. The van der Waals surface area contributed by atoms with Gasteiger partial charge >= 0.3 is 0 Å². The molecule has 0 bridgehead atoms. The van der Waals surface area contributed by atoms with E-state index in [4.69, 9.17) is 20.9 Å². The predicted octanol–water partition coefficient (Wildman–Crippen LogP) is 4.31. The summed E-state index contributed by atoms with van der Waals surface area (Å²) in [5.41, 5.74) is 1.98. The molecule has 3 aromatic rings. The number of rotatable bonds is 8. The first-order valence-electron chi connectivity index (χ1n) is 9.42. The van der Waals surface area contributed by atoms with Gasteiger partial charge in [0.2, 0.25) is 11.7 Å². The van der Waals surface area contributed by atoms with Crippen molar-refractivity contribution in [3.63, 3.8) is 0 Å². The number of nitrogens with one attached hydrogen (secondary N) is 2. The van der Waals surface area contributed by atoms with Crippen LogP contribution in [0.2, 0.25) is 5.02 Å². The van der Waals surface area contributed by atoms with Crippen molar-refractivity contribution in [3.05, 3.63) is 65.0 Å². The number of methoxy groups -OCH3 is 1. The first kappa shape index (κ1) is 23.9. The molecule has 0 radical (unpaired) electrons. The molecule has 2 N–H and O–H groups in total. The van der Waals surface area contributed by atoms with Crippen LogP contribution in [-0.4, -0.2) is 36.3 Å². The van der Waals surface area contributed by atoms with Crippen LogP contribution in [0.15, 0.2) is 58.0 Å². The van der Waals surface area contributed by atoms with E-state index in [-0.39, 0.29) is 30.5 Å². The zero-order valence-electron chi connectivity index (χ0n) is 16.9. The Morgan fingerprint density at radius 1 is 1.13 bits per heavy atom.